The number of aliphatic hydroxyl groups is 1. The molecule has 1 aliphatic heterocycles. The van der Waals surface area contributed by atoms with E-state index in [1.54, 1.807) is 67.4 Å². The minimum Gasteiger partial charge on any atom is -0.488 e. The molecular weight excluding hydrogens is 634 g/mol. The standard InChI is InChI=1S/C34H41N7O6S/c1-22-16-41(23(2)20-42)34(44)27-15-26(38-48(45,46)32-19-40(4)21-36-32)13-14-30(27)47-31(22)18-39(3)17-24-9-11-25(12-10-24)33(43)37-29-8-6-5-7-28(29)35/h5-15,19,21-23,31,38,42H,16-18,20,35H2,1-4H3,(H,37,43)/t22-,23-,31-/m1/s1. The zero-order valence-electron chi connectivity index (χ0n) is 27.3. The summed E-state index contributed by atoms with van der Waals surface area (Å²) in [6, 6.07) is 18.5. The zero-order chi connectivity index (χ0) is 34.6. The van der Waals surface area contributed by atoms with Crippen molar-refractivity contribution in [2.45, 2.75) is 37.6 Å². The van der Waals surface area contributed by atoms with Crippen LogP contribution in [0.3, 0.4) is 0 Å². The number of anilines is 3. The number of fused-ring (bicyclic) bond motifs is 1. The Bertz CT molecular complexity index is 1880. The van der Waals surface area contributed by atoms with Gasteiger partial charge >= 0.3 is 0 Å². The number of aliphatic hydroxyl groups excluding tert-OH is 1. The number of carbonyl (C=O) groups excluding carboxylic acids is 2. The number of sulfonamides is 1. The lowest BCUT2D eigenvalue weighted by molar-refractivity contribution is 0.0341. The Morgan fingerprint density at radius 3 is 2.56 bits per heavy atom. The van der Waals surface area contributed by atoms with Gasteiger partial charge in [0.05, 0.1) is 35.9 Å². The summed E-state index contributed by atoms with van der Waals surface area (Å²) in [5, 5.41) is 12.7. The first-order valence-corrected chi connectivity index (χ1v) is 17.0. The largest absolute Gasteiger partial charge is 0.488 e. The van der Waals surface area contributed by atoms with Crippen molar-refractivity contribution in [2.75, 3.05) is 42.5 Å². The van der Waals surface area contributed by atoms with Gasteiger partial charge in [-0.3, -0.25) is 19.2 Å². The van der Waals surface area contributed by atoms with E-state index in [4.69, 9.17) is 10.5 Å². The predicted octanol–water partition coefficient (Wildman–Crippen LogP) is 3.41. The summed E-state index contributed by atoms with van der Waals surface area (Å²) >= 11 is 0. The van der Waals surface area contributed by atoms with Crippen molar-refractivity contribution in [3.63, 3.8) is 0 Å². The zero-order valence-corrected chi connectivity index (χ0v) is 28.1. The number of likely N-dealkylation sites (N-methyl/N-ethyl adjacent to an activating group) is 1. The van der Waals surface area contributed by atoms with Gasteiger partial charge in [0.2, 0.25) is 0 Å². The number of nitrogens with two attached hydrogens (primary N) is 1. The molecule has 2 amide bonds. The molecule has 48 heavy (non-hydrogen) atoms. The van der Waals surface area contributed by atoms with Crippen molar-refractivity contribution in [3.05, 3.63) is 95.9 Å². The molecule has 13 nitrogen and oxygen atoms in total. The Balaban J connectivity index is 1.31. The van der Waals surface area contributed by atoms with Gasteiger partial charge in [0.15, 0.2) is 5.03 Å². The van der Waals surface area contributed by atoms with Crippen molar-refractivity contribution in [2.24, 2.45) is 13.0 Å². The van der Waals surface area contributed by atoms with Crippen LogP contribution in [-0.4, -0.2) is 83.6 Å². The van der Waals surface area contributed by atoms with Crippen LogP contribution in [0.25, 0.3) is 0 Å². The van der Waals surface area contributed by atoms with Crippen LogP contribution in [0.2, 0.25) is 0 Å². The molecule has 3 aromatic carbocycles. The number of aromatic nitrogens is 2. The van der Waals surface area contributed by atoms with Gasteiger partial charge in [-0.05, 0) is 62.0 Å². The molecule has 0 spiro atoms. The number of benzene rings is 3. The Labute approximate surface area is 280 Å². The maximum Gasteiger partial charge on any atom is 0.280 e. The maximum atomic E-state index is 13.8. The summed E-state index contributed by atoms with van der Waals surface area (Å²) in [6.07, 6.45) is 2.41. The average Bonchev–Trinajstić information content (AvgIpc) is 3.51. The molecule has 0 saturated heterocycles. The molecule has 2 heterocycles. The van der Waals surface area contributed by atoms with Gasteiger partial charge in [-0.15, -0.1) is 0 Å². The normalized spacial score (nSPS) is 17.2. The van der Waals surface area contributed by atoms with E-state index in [1.807, 2.05) is 26.1 Å². The van der Waals surface area contributed by atoms with Crippen molar-refractivity contribution in [1.82, 2.24) is 19.4 Å². The van der Waals surface area contributed by atoms with Crippen LogP contribution in [0.5, 0.6) is 5.75 Å². The fourth-order valence-electron chi connectivity index (χ4n) is 5.49. The second kappa shape index (κ2) is 14.5. The summed E-state index contributed by atoms with van der Waals surface area (Å²) < 4.78 is 36.4. The Morgan fingerprint density at radius 1 is 1.17 bits per heavy atom. The Morgan fingerprint density at radius 2 is 1.90 bits per heavy atom. The van der Waals surface area contributed by atoms with Crippen molar-refractivity contribution in [1.29, 1.82) is 0 Å². The number of imidazole rings is 1. The molecule has 0 radical (unpaired) electrons. The summed E-state index contributed by atoms with van der Waals surface area (Å²) in [5.74, 6) is -0.428. The predicted molar refractivity (Wildman–Crippen MR) is 183 cm³/mol. The SMILES string of the molecule is C[C@@H]1CN([C@H](C)CO)C(=O)c2cc(NS(=O)(=O)c3cn(C)cn3)ccc2O[C@@H]1CN(C)Cc1ccc(C(=O)Nc2ccccc2N)cc1. The summed E-state index contributed by atoms with van der Waals surface area (Å²) in [4.78, 5) is 34.2. The molecule has 3 atom stereocenters. The number of nitrogen functional groups attached to an aromatic ring is 1. The molecule has 0 saturated carbocycles. The molecule has 4 aromatic rings. The van der Waals surface area contributed by atoms with Gasteiger partial charge in [-0.25, -0.2) is 4.98 Å². The second-order valence-electron chi connectivity index (χ2n) is 12.3. The molecule has 0 bridgehead atoms. The summed E-state index contributed by atoms with van der Waals surface area (Å²) in [7, 11) is -0.370. The third-order valence-corrected chi connectivity index (χ3v) is 9.51. The van der Waals surface area contributed by atoms with Crippen LogP contribution >= 0.6 is 0 Å². The first-order valence-electron chi connectivity index (χ1n) is 15.5. The maximum absolute atomic E-state index is 13.8. The third-order valence-electron chi connectivity index (χ3n) is 8.24. The molecule has 5 rings (SSSR count). The highest BCUT2D eigenvalue weighted by molar-refractivity contribution is 7.92. The molecule has 1 aromatic heterocycles. The van der Waals surface area contributed by atoms with Crippen molar-refractivity contribution in [3.8, 4) is 5.75 Å². The lowest BCUT2D eigenvalue weighted by Gasteiger charge is -2.38. The van der Waals surface area contributed by atoms with Crippen molar-refractivity contribution >= 4 is 38.9 Å². The van der Waals surface area contributed by atoms with Crippen LogP contribution in [0.15, 0.2) is 84.3 Å². The molecule has 0 aliphatic carbocycles. The smallest absolute Gasteiger partial charge is 0.280 e. The molecule has 0 unspecified atom stereocenters. The minimum atomic E-state index is -4.00. The van der Waals surface area contributed by atoms with Crippen LogP contribution in [0, 0.1) is 5.92 Å². The summed E-state index contributed by atoms with van der Waals surface area (Å²) in [5.41, 5.74) is 8.85. The number of hydrogen-bond donors (Lipinski definition) is 4. The van der Waals surface area contributed by atoms with E-state index < -0.39 is 16.1 Å². The van der Waals surface area contributed by atoms with Gasteiger partial charge in [0.1, 0.15) is 11.9 Å². The highest BCUT2D eigenvalue weighted by Crippen LogP contribution is 2.31. The van der Waals surface area contributed by atoms with E-state index in [9.17, 15) is 23.1 Å². The number of amides is 2. The number of hydrogen-bond acceptors (Lipinski definition) is 9. The Kier molecular flexibility index (Phi) is 10.4. The molecular formula is C34H41N7O6S. The van der Waals surface area contributed by atoms with Gasteiger partial charge < -0.3 is 30.4 Å². The van der Waals surface area contributed by atoms with Gasteiger partial charge in [-0.1, -0.05) is 31.2 Å². The van der Waals surface area contributed by atoms with E-state index >= 15 is 0 Å². The number of rotatable bonds is 11. The number of nitrogens with zero attached hydrogens (tertiary/aromatic N) is 4. The van der Waals surface area contributed by atoms with Gasteiger partial charge in [0, 0.05) is 50.0 Å². The van der Waals surface area contributed by atoms with Gasteiger partial charge in [0.25, 0.3) is 21.8 Å². The average molecular weight is 676 g/mol. The highest BCUT2D eigenvalue weighted by atomic mass is 32.2. The summed E-state index contributed by atoms with van der Waals surface area (Å²) in [6.45, 7) is 4.91. The minimum absolute atomic E-state index is 0.114. The number of nitrogens with one attached hydrogen (secondary N) is 2. The molecule has 0 fully saturated rings. The first-order chi connectivity index (χ1) is 22.8. The second-order valence-corrected chi connectivity index (χ2v) is 13.9. The van der Waals surface area contributed by atoms with E-state index in [-0.39, 0.29) is 46.7 Å². The molecule has 14 heteroatoms. The van der Waals surface area contributed by atoms with Crippen LogP contribution in [0.4, 0.5) is 17.1 Å². The van der Waals surface area contributed by atoms with Crippen LogP contribution < -0.4 is 20.5 Å². The molecule has 1 aliphatic rings. The lowest BCUT2D eigenvalue weighted by Crippen LogP contribution is -2.49. The first kappa shape index (κ1) is 34.4. The van der Waals surface area contributed by atoms with E-state index in [1.165, 1.54) is 23.2 Å². The fraction of sp³-hybridized carbons (Fsp3) is 0.324. The number of para-hydroxylation sites is 2. The fourth-order valence-corrected chi connectivity index (χ4v) is 6.52. The molecule has 5 N–H and O–H groups in total. The van der Waals surface area contributed by atoms with Crippen LogP contribution in [-0.2, 0) is 23.6 Å². The third kappa shape index (κ3) is 7.95. The Hall–Kier alpha value is -4.92. The van der Waals surface area contributed by atoms with E-state index in [2.05, 4.69) is 19.9 Å². The van der Waals surface area contributed by atoms with E-state index in [0.717, 1.165) is 5.56 Å². The number of aryl methyl sites for hydroxylation is 1. The lowest BCUT2D eigenvalue weighted by atomic mass is 9.99. The monoisotopic (exact) mass is 675 g/mol. The van der Waals surface area contributed by atoms with Gasteiger partial charge in [-0.2, -0.15) is 8.42 Å². The number of ether oxygens (including phenoxy) is 1. The number of carbonyl (C=O) groups is 2. The van der Waals surface area contributed by atoms with Crippen LogP contribution in [0.1, 0.15) is 40.1 Å². The highest BCUT2D eigenvalue weighted by Gasteiger charge is 2.34. The quantitative estimate of drug-likeness (QED) is 0.174. The molecule has 254 valence electrons. The van der Waals surface area contributed by atoms with E-state index in [0.29, 0.717) is 42.3 Å². The topological polar surface area (TPSA) is 172 Å². The van der Waals surface area contributed by atoms with Crippen molar-refractivity contribution < 1.29 is 27.9 Å².